The Balaban J connectivity index is 1.66. The first-order valence-electron chi connectivity index (χ1n) is 6.91. The Morgan fingerprint density at radius 2 is 1.82 bits per heavy atom. The fraction of sp³-hybridized carbons (Fsp3) is 0.176. The maximum Gasteiger partial charge on any atom is 0.264 e. The van der Waals surface area contributed by atoms with Crippen molar-refractivity contribution in [3.63, 3.8) is 0 Å². The van der Waals surface area contributed by atoms with Crippen molar-refractivity contribution in [2.45, 2.75) is 13.5 Å². The highest BCUT2D eigenvalue weighted by molar-refractivity contribution is 5.55. The molecule has 22 heavy (non-hydrogen) atoms. The molecule has 2 aromatic carbocycles. The first kappa shape index (κ1) is 14.1. The third-order valence-electron chi connectivity index (χ3n) is 3.17. The highest BCUT2D eigenvalue weighted by Gasteiger charge is 2.09. The lowest BCUT2D eigenvalue weighted by Gasteiger charge is -2.04. The highest BCUT2D eigenvalue weighted by Crippen LogP contribution is 2.20. The molecular weight excluding hydrogens is 280 g/mol. The van der Waals surface area contributed by atoms with Gasteiger partial charge >= 0.3 is 0 Å². The van der Waals surface area contributed by atoms with Crippen LogP contribution >= 0.6 is 0 Å². The van der Waals surface area contributed by atoms with Crippen LogP contribution in [0.15, 0.2) is 53.1 Å². The number of aryl methyl sites for hydroxylation is 1. The van der Waals surface area contributed by atoms with Gasteiger partial charge in [0.1, 0.15) is 11.5 Å². The van der Waals surface area contributed by atoms with Crippen LogP contribution in [0.4, 0.5) is 0 Å². The molecule has 3 aromatic rings. The van der Waals surface area contributed by atoms with Crippen LogP contribution in [-0.4, -0.2) is 17.3 Å². The monoisotopic (exact) mass is 296 g/mol. The van der Waals surface area contributed by atoms with Gasteiger partial charge in [-0.1, -0.05) is 28.9 Å². The summed E-state index contributed by atoms with van der Waals surface area (Å²) < 4.78 is 15.9. The molecule has 0 N–H and O–H groups in total. The smallest absolute Gasteiger partial charge is 0.264 e. The van der Waals surface area contributed by atoms with Gasteiger partial charge in [-0.25, -0.2) is 0 Å². The van der Waals surface area contributed by atoms with Gasteiger partial charge in [-0.15, -0.1) is 0 Å². The number of aromatic nitrogens is 2. The van der Waals surface area contributed by atoms with Crippen LogP contribution in [0.5, 0.6) is 11.5 Å². The lowest BCUT2D eigenvalue weighted by atomic mass is 10.1. The Labute approximate surface area is 128 Å². The summed E-state index contributed by atoms with van der Waals surface area (Å²) in [7, 11) is 1.63. The number of benzene rings is 2. The zero-order valence-corrected chi connectivity index (χ0v) is 12.4. The molecular formula is C17H16N2O3. The number of ether oxygens (including phenoxy) is 2. The molecule has 1 heterocycles. The summed E-state index contributed by atoms with van der Waals surface area (Å²) >= 11 is 0. The van der Waals surface area contributed by atoms with Gasteiger partial charge in [0, 0.05) is 5.56 Å². The average molecular weight is 296 g/mol. The third kappa shape index (κ3) is 3.25. The molecule has 0 aliphatic carbocycles. The second-order valence-corrected chi connectivity index (χ2v) is 4.85. The summed E-state index contributed by atoms with van der Waals surface area (Å²) in [5, 5.41) is 3.98. The van der Waals surface area contributed by atoms with E-state index in [4.69, 9.17) is 14.0 Å². The van der Waals surface area contributed by atoms with Crippen molar-refractivity contribution in [1.29, 1.82) is 0 Å². The Kier molecular flexibility index (Phi) is 4.05. The van der Waals surface area contributed by atoms with Gasteiger partial charge in [-0.05, 0) is 37.3 Å². The molecule has 0 saturated heterocycles. The SMILES string of the molecule is COc1ccc(OCc2nc(-c3cccc(C)c3)no2)cc1. The summed E-state index contributed by atoms with van der Waals surface area (Å²) in [6.45, 7) is 2.25. The van der Waals surface area contributed by atoms with Gasteiger partial charge in [-0.3, -0.25) is 0 Å². The van der Waals surface area contributed by atoms with Gasteiger partial charge in [-0.2, -0.15) is 4.98 Å². The molecule has 0 amide bonds. The van der Waals surface area contributed by atoms with Crippen molar-refractivity contribution < 1.29 is 14.0 Å². The highest BCUT2D eigenvalue weighted by atomic mass is 16.5. The first-order chi connectivity index (χ1) is 10.7. The molecule has 0 fully saturated rings. The fourth-order valence-corrected chi connectivity index (χ4v) is 2.03. The predicted octanol–water partition coefficient (Wildman–Crippen LogP) is 3.63. The molecule has 0 aliphatic rings. The maximum absolute atomic E-state index is 5.61. The Morgan fingerprint density at radius 1 is 1.05 bits per heavy atom. The van der Waals surface area contributed by atoms with Crippen molar-refractivity contribution in [3.05, 3.63) is 60.0 Å². The molecule has 0 bridgehead atoms. The van der Waals surface area contributed by atoms with Crippen molar-refractivity contribution in [3.8, 4) is 22.9 Å². The zero-order valence-electron chi connectivity index (χ0n) is 12.4. The van der Waals surface area contributed by atoms with Crippen LogP contribution in [0.2, 0.25) is 0 Å². The van der Waals surface area contributed by atoms with E-state index in [0.29, 0.717) is 11.7 Å². The molecule has 0 saturated carbocycles. The minimum Gasteiger partial charge on any atom is -0.497 e. The molecule has 5 nitrogen and oxygen atoms in total. The van der Waals surface area contributed by atoms with Gasteiger partial charge in [0.05, 0.1) is 7.11 Å². The Morgan fingerprint density at radius 3 is 2.55 bits per heavy atom. The second-order valence-electron chi connectivity index (χ2n) is 4.85. The fourth-order valence-electron chi connectivity index (χ4n) is 2.03. The minimum absolute atomic E-state index is 0.227. The van der Waals surface area contributed by atoms with E-state index in [2.05, 4.69) is 10.1 Å². The standard InChI is InChI=1S/C17H16N2O3/c1-12-4-3-5-13(10-12)17-18-16(22-19-17)11-21-15-8-6-14(20-2)7-9-15/h3-10H,11H2,1-2H3. The topological polar surface area (TPSA) is 57.4 Å². The van der Waals surface area contributed by atoms with E-state index < -0.39 is 0 Å². The molecule has 3 rings (SSSR count). The molecule has 1 aromatic heterocycles. The van der Waals surface area contributed by atoms with Crippen LogP contribution in [0.3, 0.4) is 0 Å². The summed E-state index contributed by atoms with van der Waals surface area (Å²) in [4.78, 5) is 4.34. The molecule has 0 spiro atoms. The number of rotatable bonds is 5. The van der Waals surface area contributed by atoms with E-state index in [1.165, 1.54) is 0 Å². The number of methoxy groups -OCH3 is 1. The van der Waals surface area contributed by atoms with Crippen molar-refractivity contribution in [2.75, 3.05) is 7.11 Å². The molecule has 112 valence electrons. The number of hydrogen-bond donors (Lipinski definition) is 0. The van der Waals surface area contributed by atoms with Gasteiger partial charge < -0.3 is 14.0 Å². The van der Waals surface area contributed by atoms with Crippen LogP contribution < -0.4 is 9.47 Å². The second kappa shape index (κ2) is 6.30. The van der Waals surface area contributed by atoms with Crippen molar-refractivity contribution in [2.24, 2.45) is 0 Å². The van der Waals surface area contributed by atoms with E-state index in [-0.39, 0.29) is 6.61 Å². The summed E-state index contributed by atoms with van der Waals surface area (Å²) in [6.07, 6.45) is 0. The maximum atomic E-state index is 5.61. The number of hydrogen-bond acceptors (Lipinski definition) is 5. The van der Waals surface area contributed by atoms with Crippen molar-refractivity contribution in [1.82, 2.24) is 10.1 Å². The Bertz CT molecular complexity index is 751. The molecule has 0 radical (unpaired) electrons. The summed E-state index contributed by atoms with van der Waals surface area (Å²) in [5.74, 6) is 2.51. The minimum atomic E-state index is 0.227. The lowest BCUT2D eigenvalue weighted by molar-refractivity contribution is 0.242. The van der Waals surface area contributed by atoms with E-state index in [9.17, 15) is 0 Å². The van der Waals surface area contributed by atoms with Crippen LogP contribution in [0, 0.1) is 6.92 Å². The van der Waals surface area contributed by atoms with E-state index in [1.807, 2.05) is 55.5 Å². The Hall–Kier alpha value is -2.82. The molecule has 0 unspecified atom stereocenters. The van der Waals surface area contributed by atoms with E-state index in [0.717, 1.165) is 22.6 Å². The molecule has 5 heteroatoms. The van der Waals surface area contributed by atoms with E-state index >= 15 is 0 Å². The summed E-state index contributed by atoms with van der Waals surface area (Å²) in [5.41, 5.74) is 2.08. The van der Waals surface area contributed by atoms with Crippen LogP contribution in [0.1, 0.15) is 11.5 Å². The van der Waals surface area contributed by atoms with E-state index in [1.54, 1.807) is 7.11 Å². The molecule has 0 atom stereocenters. The largest absolute Gasteiger partial charge is 0.497 e. The number of nitrogens with zero attached hydrogens (tertiary/aromatic N) is 2. The first-order valence-corrected chi connectivity index (χ1v) is 6.91. The van der Waals surface area contributed by atoms with Gasteiger partial charge in [0.15, 0.2) is 6.61 Å². The quantitative estimate of drug-likeness (QED) is 0.719. The lowest BCUT2D eigenvalue weighted by Crippen LogP contribution is -1.95. The normalized spacial score (nSPS) is 10.5. The third-order valence-corrected chi connectivity index (χ3v) is 3.17. The van der Waals surface area contributed by atoms with Crippen molar-refractivity contribution >= 4 is 0 Å². The zero-order chi connectivity index (χ0) is 15.4. The van der Waals surface area contributed by atoms with Gasteiger partial charge in [0.25, 0.3) is 5.89 Å². The summed E-state index contributed by atoms with van der Waals surface area (Å²) in [6, 6.07) is 15.3. The molecule has 0 aliphatic heterocycles. The predicted molar refractivity (Wildman–Crippen MR) is 81.8 cm³/mol. The van der Waals surface area contributed by atoms with Crippen LogP contribution in [-0.2, 0) is 6.61 Å². The van der Waals surface area contributed by atoms with Gasteiger partial charge in [0.2, 0.25) is 5.82 Å². The van der Waals surface area contributed by atoms with Crippen LogP contribution in [0.25, 0.3) is 11.4 Å². The average Bonchev–Trinajstić information content (AvgIpc) is 3.02.